The Labute approximate surface area is 142 Å². The molecule has 0 radical (unpaired) electrons. The lowest BCUT2D eigenvalue weighted by Crippen LogP contribution is -2.29. The third-order valence-electron chi connectivity index (χ3n) is 3.01. The number of hydrazine groups is 1. The highest BCUT2D eigenvalue weighted by Gasteiger charge is 2.30. The van der Waals surface area contributed by atoms with Gasteiger partial charge in [-0.3, -0.25) is 5.84 Å². The van der Waals surface area contributed by atoms with E-state index >= 15 is 0 Å². The third-order valence-corrected chi connectivity index (χ3v) is 4.48. The zero-order valence-electron chi connectivity index (χ0n) is 10.6. The summed E-state index contributed by atoms with van der Waals surface area (Å²) in [5.41, 5.74) is 3.54. The molecule has 21 heavy (non-hydrogen) atoms. The molecule has 0 aliphatic heterocycles. The first kappa shape index (κ1) is 16.7. The van der Waals surface area contributed by atoms with Crippen molar-refractivity contribution in [2.24, 2.45) is 5.84 Å². The van der Waals surface area contributed by atoms with Crippen LogP contribution in [0.15, 0.2) is 46.9 Å². The number of nitrogens with two attached hydrogens (primary N) is 1. The van der Waals surface area contributed by atoms with Gasteiger partial charge in [-0.1, -0.05) is 28.1 Å². The van der Waals surface area contributed by atoms with E-state index in [1.807, 2.05) is 18.2 Å². The minimum Gasteiger partial charge on any atom is -0.271 e. The van der Waals surface area contributed by atoms with E-state index < -0.39 is 11.7 Å². The van der Waals surface area contributed by atoms with Gasteiger partial charge in [0.2, 0.25) is 0 Å². The lowest BCUT2D eigenvalue weighted by Gasteiger charge is -2.19. The van der Waals surface area contributed by atoms with E-state index in [-0.39, 0.29) is 6.04 Å². The molecule has 0 fully saturated rings. The highest BCUT2D eigenvalue weighted by atomic mass is 127. The predicted octanol–water partition coefficient (Wildman–Crippen LogP) is 4.63. The first-order valence-corrected chi connectivity index (χ1v) is 7.78. The van der Waals surface area contributed by atoms with Gasteiger partial charge in [-0.25, -0.2) is 5.43 Å². The summed E-state index contributed by atoms with van der Waals surface area (Å²) in [6.45, 7) is 0. The van der Waals surface area contributed by atoms with Gasteiger partial charge in [-0.15, -0.1) is 0 Å². The van der Waals surface area contributed by atoms with Gasteiger partial charge in [0.05, 0.1) is 11.6 Å². The maximum Gasteiger partial charge on any atom is 0.416 e. The van der Waals surface area contributed by atoms with Crippen LogP contribution in [0.2, 0.25) is 0 Å². The van der Waals surface area contributed by atoms with E-state index in [0.717, 1.165) is 25.7 Å². The number of halogens is 5. The fraction of sp³-hybridized carbons (Fsp3) is 0.143. The molecule has 0 aromatic heterocycles. The smallest absolute Gasteiger partial charge is 0.271 e. The van der Waals surface area contributed by atoms with E-state index in [1.54, 1.807) is 0 Å². The van der Waals surface area contributed by atoms with Gasteiger partial charge >= 0.3 is 6.18 Å². The van der Waals surface area contributed by atoms with Crippen LogP contribution in [0, 0.1) is 3.57 Å². The quantitative estimate of drug-likeness (QED) is 0.390. The van der Waals surface area contributed by atoms with Crippen LogP contribution in [-0.2, 0) is 6.18 Å². The zero-order chi connectivity index (χ0) is 15.6. The summed E-state index contributed by atoms with van der Waals surface area (Å²) in [5.74, 6) is 5.59. The summed E-state index contributed by atoms with van der Waals surface area (Å²) in [7, 11) is 0. The van der Waals surface area contributed by atoms with Crippen molar-refractivity contribution < 1.29 is 13.2 Å². The lowest BCUT2D eigenvalue weighted by molar-refractivity contribution is -0.137. The van der Waals surface area contributed by atoms with Gasteiger partial charge < -0.3 is 0 Å². The molecule has 0 aliphatic carbocycles. The number of rotatable bonds is 3. The van der Waals surface area contributed by atoms with Gasteiger partial charge in [0.25, 0.3) is 0 Å². The molecular formula is C14H11BrF3IN2. The summed E-state index contributed by atoms with van der Waals surface area (Å²) in [6, 6.07) is 10.3. The van der Waals surface area contributed by atoms with Crippen LogP contribution in [0.4, 0.5) is 13.2 Å². The van der Waals surface area contributed by atoms with Crippen molar-refractivity contribution in [1.82, 2.24) is 5.43 Å². The molecule has 0 saturated heterocycles. The fourth-order valence-corrected chi connectivity index (χ4v) is 2.99. The van der Waals surface area contributed by atoms with Gasteiger partial charge in [0, 0.05) is 8.04 Å². The highest BCUT2D eigenvalue weighted by Crippen LogP contribution is 2.32. The Morgan fingerprint density at radius 2 is 1.71 bits per heavy atom. The van der Waals surface area contributed by atoms with Gasteiger partial charge in [0.1, 0.15) is 0 Å². The molecule has 0 bridgehead atoms. The molecule has 2 nitrogen and oxygen atoms in total. The second-order valence-corrected chi connectivity index (χ2v) is 6.46. The summed E-state index contributed by atoms with van der Waals surface area (Å²) < 4.78 is 39.6. The van der Waals surface area contributed by atoms with Crippen molar-refractivity contribution >= 4 is 38.5 Å². The fourth-order valence-electron chi connectivity index (χ4n) is 1.97. The van der Waals surface area contributed by atoms with E-state index in [1.165, 1.54) is 12.1 Å². The lowest BCUT2D eigenvalue weighted by atomic mass is 9.98. The Morgan fingerprint density at radius 3 is 2.24 bits per heavy atom. The molecule has 1 atom stereocenters. The van der Waals surface area contributed by atoms with Crippen LogP contribution in [0.1, 0.15) is 22.7 Å². The van der Waals surface area contributed by atoms with Crippen molar-refractivity contribution in [2.75, 3.05) is 0 Å². The Bertz CT molecular complexity index is 629. The molecule has 0 spiro atoms. The second-order valence-electron chi connectivity index (χ2n) is 4.39. The third kappa shape index (κ3) is 3.97. The minimum absolute atomic E-state index is 0.378. The van der Waals surface area contributed by atoms with Crippen molar-refractivity contribution in [2.45, 2.75) is 12.2 Å². The van der Waals surface area contributed by atoms with Crippen molar-refractivity contribution in [3.63, 3.8) is 0 Å². The molecule has 0 amide bonds. The number of nitrogens with one attached hydrogen (secondary N) is 1. The van der Waals surface area contributed by atoms with Crippen LogP contribution < -0.4 is 11.3 Å². The first-order chi connectivity index (χ1) is 9.82. The van der Waals surface area contributed by atoms with Crippen LogP contribution in [-0.4, -0.2) is 0 Å². The Morgan fingerprint density at radius 1 is 1.10 bits per heavy atom. The van der Waals surface area contributed by atoms with Crippen molar-refractivity contribution in [3.8, 4) is 0 Å². The number of hydrogen-bond donors (Lipinski definition) is 2. The first-order valence-electron chi connectivity index (χ1n) is 5.91. The standard InChI is InChI=1S/C14H11BrF3IN2/c15-10-5-6-12(19)11(7-10)13(21-20)8-1-3-9(4-2-8)14(16,17)18/h1-7,13,21H,20H2. The molecule has 0 saturated carbocycles. The minimum atomic E-state index is -4.34. The zero-order valence-corrected chi connectivity index (χ0v) is 14.3. The predicted molar refractivity (Wildman–Crippen MR) is 87.5 cm³/mol. The van der Waals surface area contributed by atoms with E-state index in [9.17, 15) is 13.2 Å². The molecule has 1 unspecified atom stereocenters. The van der Waals surface area contributed by atoms with Gasteiger partial charge in [-0.05, 0) is 64.0 Å². The van der Waals surface area contributed by atoms with Crippen molar-refractivity contribution in [1.29, 1.82) is 0 Å². The molecular weight excluding hydrogens is 460 g/mol. The van der Waals surface area contributed by atoms with E-state index in [4.69, 9.17) is 5.84 Å². The Kier molecular flexibility index (Phi) is 5.29. The monoisotopic (exact) mass is 470 g/mol. The van der Waals surface area contributed by atoms with Crippen LogP contribution in [0.3, 0.4) is 0 Å². The second kappa shape index (κ2) is 6.64. The summed E-state index contributed by atoms with van der Waals surface area (Å²) in [6.07, 6.45) is -4.34. The summed E-state index contributed by atoms with van der Waals surface area (Å²) >= 11 is 5.55. The summed E-state index contributed by atoms with van der Waals surface area (Å²) in [5, 5.41) is 0. The molecule has 0 aliphatic rings. The Balaban J connectivity index is 2.40. The molecule has 7 heteroatoms. The number of benzene rings is 2. The van der Waals surface area contributed by atoms with Crippen LogP contribution in [0.5, 0.6) is 0 Å². The molecule has 112 valence electrons. The van der Waals surface area contributed by atoms with Gasteiger partial charge in [0.15, 0.2) is 0 Å². The van der Waals surface area contributed by atoms with E-state index in [2.05, 4.69) is 43.9 Å². The Hall–Kier alpha value is -0.640. The van der Waals surface area contributed by atoms with Gasteiger partial charge in [-0.2, -0.15) is 13.2 Å². The average Bonchev–Trinajstić information content (AvgIpc) is 2.43. The molecule has 2 rings (SSSR count). The van der Waals surface area contributed by atoms with Crippen LogP contribution in [0.25, 0.3) is 0 Å². The highest BCUT2D eigenvalue weighted by molar-refractivity contribution is 14.1. The van der Waals surface area contributed by atoms with E-state index in [0.29, 0.717) is 5.56 Å². The maximum atomic E-state index is 12.6. The summed E-state index contributed by atoms with van der Waals surface area (Å²) in [4.78, 5) is 0. The molecule has 0 heterocycles. The normalized spacial score (nSPS) is 13.2. The molecule has 2 aromatic carbocycles. The van der Waals surface area contributed by atoms with Crippen molar-refractivity contribution in [3.05, 3.63) is 67.2 Å². The van der Waals surface area contributed by atoms with Crippen LogP contribution >= 0.6 is 38.5 Å². The largest absolute Gasteiger partial charge is 0.416 e. The molecule has 3 N–H and O–H groups in total. The SMILES string of the molecule is NNC(c1ccc(C(F)(F)F)cc1)c1cc(Br)ccc1I. The average molecular weight is 471 g/mol. The maximum absolute atomic E-state index is 12.6. The molecule has 2 aromatic rings. The topological polar surface area (TPSA) is 38.0 Å². The number of hydrogen-bond acceptors (Lipinski definition) is 2. The number of alkyl halides is 3.